The predicted octanol–water partition coefficient (Wildman–Crippen LogP) is 4.01. The molecule has 2 unspecified atom stereocenters. The molecule has 2 aromatic rings. The molecule has 0 radical (unpaired) electrons. The maximum Gasteiger partial charge on any atom is 0.130 e. The number of para-hydroxylation sites is 1. The first-order valence-electron chi connectivity index (χ1n) is 6.46. The maximum absolute atomic E-state index is 10.3. The van der Waals surface area contributed by atoms with Gasteiger partial charge in [-0.25, -0.2) is 0 Å². The SMILES string of the molecule is COc1ccccc1C1CC(O)c2cc(Br)ccc2O1. The predicted molar refractivity (Wildman–Crippen MR) is 80.1 cm³/mol. The molecule has 1 heterocycles. The quantitative estimate of drug-likeness (QED) is 0.901. The number of rotatable bonds is 2. The third-order valence-electron chi connectivity index (χ3n) is 3.52. The first-order valence-corrected chi connectivity index (χ1v) is 7.25. The van der Waals surface area contributed by atoms with Gasteiger partial charge in [0.2, 0.25) is 0 Å². The van der Waals surface area contributed by atoms with Crippen LogP contribution in [0, 0.1) is 0 Å². The van der Waals surface area contributed by atoms with E-state index in [2.05, 4.69) is 15.9 Å². The largest absolute Gasteiger partial charge is 0.496 e. The van der Waals surface area contributed by atoms with Gasteiger partial charge in [0.15, 0.2) is 0 Å². The Hall–Kier alpha value is -1.52. The van der Waals surface area contributed by atoms with Crippen molar-refractivity contribution in [1.29, 1.82) is 0 Å². The van der Waals surface area contributed by atoms with E-state index in [-0.39, 0.29) is 6.10 Å². The first kappa shape index (κ1) is 13.5. The number of ether oxygens (including phenoxy) is 2. The minimum absolute atomic E-state index is 0.199. The number of benzene rings is 2. The summed E-state index contributed by atoms with van der Waals surface area (Å²) in [6.45, 7) is 0. The lowest BCUT2D eigenvalue weighted by Crippen LogP contribution is -2.19. The summed E-state index contributed by atoms with van der Waals surface area (Å²) in [5, 5.41) is 10.3. The molecule has 0 amide bonds. The highest BCUT2D eigenvalue weighted by Crippen LogP contribution is 2.43. The van der Waals surface area contributed by atoms with Crippen LogP contribution < -0.4 is 9.47 Å². The highest BCUT2D eigenvalue weighted by Gasteiger charge is 2.29. The summed E-state index contributed by atoms with van der Waals surface area (Å²) in [7, 11) is 1.64. The molecule has 0 aliphatic carbocycles. The van der Waals surface area contributed by atoms with Gasteiger partial charge in [-0.05, 0) is 24.3 Å². The number of aliphatic hydroxyl groups is 1. The van der Waals surface area contributed by atoms with Gasteiger partial charge in [0.05, 0.1) is 13.2 Å². The Labute approximate surface area is 126 Å². The molecule has 4 heteroatoms. The van der Waals surface area contributed by atoms with Crippen molar-refractivity contribution < 1.29 is 14.6 Å². The van der Waals surface area contributed by atoms with Crippen LogP contribution in [0.3, 0.4) is 0 Å². The van der Waals surface area contributed by atoms with E-state index in [1.54, 1.807) is 7.11 Å². The molecule has 0 saturated carbocycles. The summed E-state index contributed by atoms with van der Waals surface area (Å²) in [6, 6.07) is 13.4. The van der Waals surface area contributed by atoms with E-state index in [0.29, 0.717) is 6.42 Å². The van der Waals surface area contributed by atoms with Gasteiger partial charge in [0.25, 0.3) is 0 Å². The van der Waals surface area contributed by atoms with Crippen molar-refractivity contribution in [2.75, 3.05) is 7.11 Å². The fourth-order valence-corrected chi connectivity index (χ4v) is 2.92. The van der Waals surface area contributed by atoms with Crippen molar-refractivity contribution in [3.63, 3.8) is 0 Å². The van der Waals surface area contributed by atoms with Crippen LogP contribution in [0.2, 0.25) is 0 Å². The zero-order valence-electron chi connectivity index (χ0n) is 11.0. The molecule has 2 atom stereocenters. The fraction of sp³-hybridized carbons (Fsp3) is 0.250. The molecule has 3 nitrogen and oxygen atoms in total. The molecule has 0 saturated heterocycles. The Morgan fingerprint density at radius 3 is 2.80 bits per heavy atom. The highest BCUT2D eigenvalue weighted by atomic mass is 79.9. The molecule has 20 heavy (non-hydrogen) atoms. The van der Waals surface area contributed by atoms with Crippen molar-refractivity contribution in [3.8, 4) is 11.5 Å². The van der Waals surface area contributed by atoms with E-state index in [1.807, 2.05) is 42.5 Å². The summed E-state index contributed by atoms with van der Waals surface area (Å²) in [5.41, 5.74) is 1.79. The normalized spacial score (nSPS) is 20.9. The van der Waals surface area contributed by atoms with Crippen LogP contribution in [0.25, 0.3) is 0 Å². The monoisotopic (exact) mass is 334 g/mol. The fourth-order valence-electron chi connectivity index (χ4n) is 2.54. The third-order valence-corrected chi connectivity index (χ3v) is 4.02. The standard InChI is InChI=1S/C16H15BrO3/c1-19-14-5-3-2-4-11(14)16-9-13(18)12-8-10(17)6-7-15(12)20-16/h2-8,13,16,18H,9H2,1H3. The van der Waals surface area contributed by atoms with Gasteiger partial charge in [-0.1, -0.05) is 34.1 Å². The van der Waals surface area contributed by atoms with E-state index < -0.39 is 6.10 Å². The number of methoxy groups -OCH3 is 1. The van der Waals surface area contributed by atoms with Gasteiger partial charge >= 0.3 is 0 Å². The summed E-state index contributed by atoms with van der Waals surface area (Å²) >= 11 is 3.41. The maximum atomic E-state index is 10.3. The van der Waals surface area contributed by atoms with Crippen LogP contribution in [0.4, 0.5) is 0 Å². The molecule has 0 fully saturated rings. The number of aliphatic hydroxyl groups excluding tert-OH is 1. The average molecular weight is 335 g/mol. The van der Waals surface area contributed by atoms with Crippen molar-refractivity contribution in [1.82, 2.24) is 0 Å². The van der Waals surface area contributed by atoms with Gasteiger partial charge < -0.3 is 14.6 Å². The van der Waals surface area contributed by atoms with Gasteiger partial charge in [0, 0.05) is 22.0 Å². The smallest absolute Gasteiger partial charge is 0.130 e. The van der Waals surface area contributed by atoms with Gasteiger partial charge in [0.1, 0.15) is 17.6 Å². The van der Waals surface area contributed by atoms with E-state index in [0.717, 1.165) is 27.1 Å². The molecular weight excluding hydrogens is 320 g/mol. The molecule has 2 aromatic carbocycles. The second kappa shape index (κ2) is 5.46. The lowest BCUT2D eigenvalue weighted by molar-refractivity contribution is 0.0644. The average Bonchev–Trinajstić information content (AvgIpc) is 2.47. The second-order valence-corrected chi connectivity index (χ2v) is 5.70. The molecule has 3 rings (SSSR count). The van der Waals surface area contributed by atoms with Crippen LogP contribution in [0.5, 0.6) is 11.5 Å². The van der Waals surface area contributed by atoms with Crippen molar-refractivity contribution in [3.05, 3.63) is 58.1 Å². The molecule has 104 valence electrons. The minimum Gasteiger partial charge on any atom is -0.496 e. The Balaban J connectivity index is 1.97. The minimum atomic E-state index is -0.536. The molecule has 1 aliphatic heterocycles. The molecule has 1 N–H and O–H groups in total. The van der Waals surface area contributed by atoms with Crippen LogP contribution in [-0.2, 0) is 0 Å². The molecule has 0 bridgehead atoms. The lowest BCUT2D eigenvalue weighted by Gasteiger charge is -2.30. The number of fused-ring (bicyclic) bond motifs is 1. The first-order chi connectivity index (χ1) is 9.69. The van der Waals surface area contributed by atoms with Crippen molar-refractivity contribution in [2.45, 2.75) is 18.6 Å². The summed E-state index contributed by atoms with van der Waals surface area (Å²) < 4.78 is 12.3. The number of halogens is 1. The Bertz CT molecular complexity index is 627. The number of hydrogen-bond donors (Lipinski definition) is 1. The lowest BCUT2D eigenvalue weighted by atomic mass is 9.94. The molecule has 1 aliphatic rings. The van der Waals surface area contributed by atoms with Crippen LogP contribution in [0.15, 0.2) is 46.9 Å². The summed E-state index contributed by atoms with van der Waals surface area (Å²) in [4.78, 5) is 0. The van der Waals surface area contributed by atoms with E-state index >= 15 is 0 Å². The van der Waals surface area contributed by atoms with Gasteiger partial charge in [-0.2, -0.15) is 0 Å². The zero-order valence-corrected chi connectivity index (χ0v) is 12.6. The zero-order chi connectivity index (χ0) is 14.1. The van der Waals surface area contributed by atoms with Crippen LogP contribution >= 0.6 is 15.9 Å². The van der Waals surface area contributed by atoms with Crippen LogP contribution in [-0.4, -0.2) is 12.2 Å². The second-order valence-electron chi connectivity index (χ2n) is 4.78. The van der Waals surface area contributed by atoms with Crippen molar-refractivity contribution >= 4 is 15.9 Å². The Morgan fingerprint density at radius 1 is 1.20 bits per heavy atom. The Morgan fingerprint density at radius 2 is 2.00 bits per heavy atom. The van der Waals surface area contributed by atoms with E-state index in [4.69, 9.17) is 9.47 Å². The third kappa shape index (κ3) is 2.41. The van der Waals surface area contributed by atoms with Gasteiger partial charge in [-0.3, -0.25) is 0 Å². The topological polar surface area (TPSA) is 38.7 Å². The highest BCUT2D eigenvalue weighted by molar-refractivity contribution is 9.10. The molecule has 0 spiro atoms. The Kier molecular flexibility index (Phi) is 3.68. The van der Waals surface area contributed by atoms with E-state index in [1.165, 1.54) is 0 Å². The van der Waals surface area contributed by atoms with E-state index in [9.17, 15) is 5.11 Å². The molecule has 0 aromatic heterocycles. The van der Waals surface area contributed by atoms with Crippen molar-refractivity contribution in [2.24, 2.45) is 0 Å². The number of hydrogen-bond acceptors (Lipinski definition) is 3. The van der Waals surface area contributed by atoms with Crippen LogP contribution in [0.1, 0.15) is 29.8 Å². The van der Waals surface area contributed by atoms with Gasteiger partial charge in [-0.15, -0.1) is 0 Å². The molecular formula is C16H15BrO3. The summed E-state index contributed by atoms with van der Waals surface area (Å²) in [6.07, 6.45) is -0.218. The summed E-state index contributed by atoms with van der Waals surface area (Å²) in [5.74, 6) is 1.51.